The van der Waals surface area contributed by atoms with Crippen LogP contribution >= 0.6 is 0 Å². The first kappa shape index (κ1) is 15.1. The zero-order valence-electron chi connectivity index (χ0n) is 13.2. The number of aromatic nitrogens is 5. The largest absolute Gasteiger partial charge is 0.343 e. The molecule has 0 fully saturated rings. The Hall–Kier alpha value is -2.77. The molecule has 3 rings (SSSR count). The van der Waals surface area contributed by atoms with Crippen LogP contribution in [0.1, 0.15) is 44.4 Å². The van der Waals surface area contributed by atoms with Crippen LogP contribution in [-0.4, -0.2) is 31.0 Å². The number of nitrogens with one attached hydrogen (secondary N) is 1. The molecule has 1 unspecified atom stereocenters. The Bertz CT molecular complexity index is 789. The summed E-state index contributed by atoms with van der Waals surface area (Å²) in [6.45, 7) is 5.78. The van der Waals surface area contributed by atoms with Crippen molar-refractivity contribution in [3.05, 3.63) is 36.0 Å². The van der Waals surface area contributed by atoms with Gasteiger partial charge in [0.25, 0.3) is 0 Å². The SMILES string of the molecule is CC(C)c1noc(C(C)NC(=O)Cn2nc3ccccc3n2)n1. The van der Waals surface area contributed by atoms with E-state index < -0.39 is 0 Å². The highest BCUT2D eigenvalue weighted by molar-refractivity contribution is 5.77. The number of rotatable bonds is 5. The van der Waals surface area contributed by atoms with Gasteiger partial charge in [0.2, 0.25) is 11.8 Å². The molecule has 0 aliphatic rings. The average Bonchev–Trinajstić information content (AvgIpc) is 3.13. The molecule has 8 heteroatoms. The Morgan fingerprint density at radius 1 is 1.22 bits per heavy atom. The number of carbonyl (C=O) groups is 1. The molecule has 120 valence electrons. The number of fused-ring (bicyclic) bond motifs is 1. The Labute approximate surface area is 132 Å². The Balaban J connectivity index is 1.63. The summed E-state index contributed by atoms with van der Waals surface area (Å²) in [4.78, 5) is 17.8. The molecule has 0 radical (unpaired) electrons. The van der Waals surface area contributed by atoms with Gasteiger partial charge >= 0.3 is 0 Å². The molecule has 0 aliphatic heterocycles. The van der Waals surface area contributed by atoms with Gasteiger partial charge in [-0.3, -0.25) is 4.79 Å². The maximum atomic E-state index is 12.1. The van der Waals surface area contributed by atoms with Crippen molar-refractivity contribution in [2.45, 2.75) is 39.3 Å². The van der Waals surface area contributed by atoms with Crippen LogP contribution in [0.2, 0.25) is 0 Å². The smallest absolute Gasteiger partial charge is 0.248 e. The fourth-order valence-electron chi connectivity index (χ4n) is 2.11. The molecule has 0 saturated heterocycles. The van der Waals surface area contributed by atoms with E-state index in [1.165, 1.54) is 4.80 Å². The molecule has 0 saturated carbocycles. The van der Waals surface area contributed by atoms with Gasteiger partial charge in [0.15, 0.2) is 5.82 Å². The summed E-state index contributed by atoms with van der Waals surface area (Å²) in [5.74, 6) is 0.972. The third-order valence-electron chi connectivity index (χ3n) is 3.33. The van der Waals surface area contributed by atoms with Crippen molar-refractivity contribution in [2.75, 3.05) is 0 Å². The van der Waals surface area contributed by atoms with Gasteiger partial charge in [-0.2, -0.15) is 20.0 Å². The van der Waals surface area contributed by atoms with E-state index in [-0.39, 0.29) is 24.4 Å². The second kappa shape index (κ2) is 6.15. The first-order valence-corrected chi connectivity index (χ1v) is 7.45. The molecule has 1 amide bonds. The highest BCUT2D eigenvalue weighted by Crippen LogP contribution is 2.14. The van der Waals surface area contributed by atoms with E-state index in [1.807, 2.05) is 38.1 Å². The fourth-order valence-corrected chi connectivity index (χ4v) is 2.11. The maximum Gasteiger partial charge on any atom is 0.248 e. The normalized spacial score (nSPS) is 12.7. The molecule has 23 heavy (non-hydrogen) atoms. The number of benzene rings is 1. The fraction of sp³-hybridized carbons (Fsp3) is 0.400. The lowest BCUT2D eigenvalue weighted by Gasteiger charge is -2.09. The maximum absolute atomic E-state index is 12.1. The molecule has 3 aromatic rings. The zero-order valence-corrected chi connectivity index (χ0v) is 13.2. The van der Waals surface area contributed by atoms with Crippen LogP contribution in [0.5, 0.6) is 0 Å². The van der Waals surface area contributed by atoms with Crippen LogP contribution in [0.15, 0.2) is 28.8 Å². The molecule has 0 aliphatic carbocycles. The van der Waals surface area contributed by atoms with E-state index in [1.54, 1.807) is 6.92 Å². The number of hydrogen-bond donors (Lipinski definition) is 1. The van der Waals surface area contributed by atoms with Gasteiger partial charge in [0.1, 0.15) is 23.6 Å². The van der Waals surface area contributed by atoms with Crippen LogP contribution in [0.25, 0.3) is 11.0 Å². The van der Waals surface area contributed by atoms with E-state index in [0.29, 0.717) is 11.7 Å². The van der Waals surface area contributed by atoms with Gasteiger partial charge in [-0.15, -0.1) is 0 Å². The molecule has 1 atom stereocenters. The second-order valence-corrected chi connectivity index (χ2v) is 5.65. The number of nitrogens with zero attached hydrogens (tertiary/aromatic N) is 5. The number of carbonyl (C=O) groups excluding carboxylic acids is 1. The molecular weight excluding hydrogens is 296 g/mol. The average molecular weight is 314 g/mol. The van der Waals surface area contributed by atoms with E-state index in [0.717, 1.165) is 11.0 Å². The first-order valence-electron chi connectivity index (χ1n) is 7.45. The third kappa shape index (κ3) is 3.36. The minimum absolute atomic E-state index is 0.0319. The molecule has 1 N–H and O–H groups in total. The summed E-state index contributed by atoms with van der Waals surface area (Å²) < 4.78 is 5.17. The first-order chi connectivity index (χ1) is 11.0. The summed E-state index contributed by atoms with van der Waals surface area (Å²) in [6, 6.07) is 7.10. The van der Waals surface area contributed by atoms with Gasteiger partial charge in [-0.05, 0) is 19.1 Å². The van der Waals surface area contributed by atoms with Gasteiger partial charge in [0, 0.05) is 5.92 Å². The van der Waals surface area contributed by atoms with Crippen molar-refractivity contribution in [3.63, 3.8) is 0 Å². The Morgan fingerprint density at radius 3 is 2.43 bits per heavy atom. The summed E-state index contributed by atoms with van der Waals surface area (Å²) in [5.41, 5.74) is 1.51. The van der Waals surface area contributed by atoms with Crippen molar-refractivity contribution < 1.29 is 9.32 Å². The van der Waals surface area contributed by atoms with Gasteiger partial charge in [-0.25, -0.2) is 0 Å². The van der Waals surface area contributed by atoms with Crippen LogP contribution in [0.4, 0.5) is 0 Å². The zero-order chi connectivity index (χ0) is 16.4. The highest BCUT2D eigenvalue weighted by atomic mass is 16.5. The molecule has 2 aromatic heterocycles. The van der Waals surface area contributed by atoms with Crippen molar-refractivity contribution in [3.8, 4) is 0 Å². The monoisotopic (exact) mass is 314 g/mol. The van der Waals surface area contributed by atoms with Gasteiger partial charge in [-0.1, -0.05) is 31.1 Å². The molecule has 0 spiro atoms. The van der Waals surface area contributed by atoms with Crippen molar-refractivity contribution in [2.24, 2.45) is 0 Å². The lowest BCUT2D eigenvalue weighted by Crippen LogP contribution is -2.31. The third-order valence-corrected chi connectivity index (χ3v) is 3.33. The standard InChI is InChI=1S/C15H18N6O2/c1-9(2)14-17-15(23-20-14)10(3)16-13(22)8-21-18-11-6-4-5-7-12(11)19-21/h4-7,9-10H,8H2,1-3H3,(H,16,22). The molecular formula is C15H18N6O2. The van der Waals surface area contributed by atoms with Crippen LogP contribution in [0, 0.1) is 0 Å². The summed E-state index contributed by atoms with van der Waals surface area (Å²) >= 11 is 0. The van der Waals surface area contributed by atoms with Gasteiger partial charge < -0.3 is 9.84 Å². The lowest BCUT2D eigenvalue weighted by atomic mass is 10.2. The summed E-state index contributed by atoms with van der Waals surface area (Å²) in [7, 11) is 0. The van der Waals surface area contributed by atoms with Crippen LogP contribution < -0.4 is 5.32 Å². The minimum Gasteiger partial charge on any atom is -0.343 e. The number of amides is 1. The molecule has 0 bridgehead atoms. The lowest BCUT2D eigenvalue weighted by molar-refractivity contribution is -0.122. The van der Waals surface area contributed by atoms with E-state index in [4.69, 9.17) is 4.52 Å². The quantitative estimate of drug-likeness (QED) is 0.771. The molecule has 2 heterocycles. The Kier molecular flexibility index (Phi) is 4.05. The summed E-state index contributed by atoms with van der Waals surface area (Å²) in [5, 5.41) is 15.2. The van der Waals surface area contributed by atoms with Gasteiger partial charge in [0.05, 0.1) is 0 Å². The summed E-state index contributed by atoms with van der Waals surface area (Å²) in [6.07, 6.45) is 0. The van der Waals surface area contributed by atoms with Crippen molar-refractivity contribution in [1.82, 2.24) is 30.5 Å². The second-order valence-electron chi connectivity index (χ2n) is 5.65. The minimum atomic E-state index is -0.368. The van der Waals surface area contributed by atoms with Crippen LogP contribution in [0.3, 0.4) is 0 Å². The number of hydrogen-bond acceptors (Lipinski definition) is 6. The van der Waals surface area contributed by atoms with E-state index in [9.17, 15) is 4.79 Å². The van der Waals surface area contributed by atoms with Crippen LogP contribution in [-0.2, 0) is 11.3 Å². The molecule has 8 nitrogen and oxygen atoms in total. The van der Waals surface area contributed by atoms with Crippen molar-refractivity contribution in [1.29, 1.82) is 0 Å². The molecule has 1 aromatic carbocycles. The van der Waals surface area contributed by atoms with Crippen molar-refractivity contribution >= 4 is 16.9 Å². The van der Waals surface area contributed by atoms with E-state index in [2.05, 4.69) is 25.7 Å². The Morgan fingerprint density at radius 2 is 1.87 bits per heavy atom. The topological polar surface area (TPSA) is 98.7 Å². The predicted molar refractivity (Wildman–Crippen MR) is 82.5 cm³/mol. The predicted octanol–water partition coefficient (Wildman–Crippen LogP) is 1.82. The van der Waals surface area contributed by atoms with E-state index >= 15 is 0 Å². The highest BCUT2D eigenvalue weighted by Gasteiger charge is 2.18.